The molecule has 0 N–H and O–H groups in total. The summed E-state index contributed by atoms with van der Waals surface area (Å²) in [6, 6.07) is 19.1. The van der Waals surface area contributed by atoms with E-state index in [0.29, 0.717) is 20.8 Å². The molecule has 0 atom stereocenters. The Hall–Kier alpha value is -3.63. The van der Waals surface area contributed by atoms with Gasteiger partial charge in [0.05, 0.1) is 21.9 Å². The van der Waals surface area contributed by atoms with E-state index in [1.54, 1.807) is 54.6 Å². The third-order valence-electron chi connectivity index (χ3n) is 3.67. The molecule has 3 rings (SSSR count). The van der Waals surface area contributed by atoms with Crippen LogP contribution in [0, 0.1) is 34.0 Å². The molecule has 0 fully saturated rings. The van der Waals surface area contributed by atoms with Crippen LogP contribution in [0.4, 0.5) is 0 Å². The molecule has 0 saturated carbocycles. The number of benzene rings is 2. The maximum absolute atomic E-state index is 13.0. The van der Waals surface area contributed by atoms with Crippen LogP contribution in [0.1, 0.15) is 11.1 Å². The Morgan fingerprint density at radius 1 is 1.07 bits per heavy atom. The van der Waals surface area contributed by atoms with Crippen molar-refractivity contribution in [3.63, 3.8) is 0 Å². The zero-order valence-electron chi connectivity index (χ0n) is 13.7. The van der Waals surface area contributed by atoms with Crippen molar-refractivity contribution in [1.29, 1.82) is 15.8 Å². The van der Waals surface area contributed by atoms with E-state index in [1.807, 2.05) is 18.2 Å². The smallest absolute Gasteiger partial charge is 0.267 e. The minimum Gasteiger partial charge on any atom is -0.267 e. The Morgan fingerprint density at radius 2 is 1.78 bits per heavy atom. The predicted molar refractivity (Wildman–Crippen MR) is 104 cm³/mol. The van der Waals surface area contributed by atoms with Crippen LogP contribution in [0.5, 0.6) is 0 Å². The van der Waals surface area contributed by atoms with Gasteiger partial charge in [-0.05, 0) is 42.0 Å². The summed E-state index contributed by atoms with van der Waals surface area (Å²) in [5.41, 5.74) is 1.20. The van der Waals surface area contributed by atoms with E-state index in [0.717, 1.165) is 16.9 Å². The Morgan fingerprint density at radius 3 is 2.37 bits per heavy atom. The highest BCUT2D eigenvalue weighted by Crippen LogP contribution is 2.12. The fraction of sp³-hybridized carbons (Fsp3) is 0. The summed E-state index contributed by atoms with van der Waals surface area (Å²) in [4.78, 5) is 13.0. The van der Waals surface area contributed by atoms with Crippen molar-refractivity contribution < 1.29 is 0 Å². The number of nitrogens with zero attached hydrogens (tertiary/aromatic N) is 4. The maximum Gasteiger partial charge on any atom is 0.273 e. The molecule has 0 unspecified atom stereocenters. The van der Waals surface area contributed by atoms with E-state index in [4.69, 9.17) is 16.9 Å². The van der Waals surface area contributed by atoms with Gasteiger partial charge in [0, 0.05) is 5.02 Å². The molecule has 3 aromatic rings. The average molecular weight is 389 g/mol. The molecule has 128 valence electrons. The summed E-state index contributed by atoms with van der Waals surface area (Å²) in [7, 11) is 0. The molecule has 0 amide bonds. The van der Waals surface area contributed by atoms with Gasteiger partial charge in [-0.2, -0.15) is 15.8 Å². The van der Waals surface area contributed by atoms with Gasteiger partial charge in [-0.15, -0.1) is 11.3 Å². The van der Waals surface area contributed by atoms with Crippen LogP contribution >= 0.6 is 22.9 Å². The number of hydrogen-bond acceptors (Lipinski definition) is 5. The molecule has 7 heteroatoms. The summed E-state index contributed by atoms with van der Waals surface area (Å²) in [5.74, 6) is 0. The molecule has 0 spiro atoms. The summed E-state index contributed by atoms with van der Waals surface area (Å²) in [6.07, 6.45) is 1.66. The summed E-state index contributed by atoms with van der Waals surface area (Å²) < 4.78 is 1.92. The summed E-state index contributed by atoms with van der Waals surface area (Å²) in [6.45, 7) is 0. The van der Waals surface area contributed by atoms with Gasteiger partial charge in [0.2, 0.25) is 0 Å². The molecule has 2 aromatic carbocycles. The Balaban J connectivity index is 2.35. The first-order valence-electron chi connectivity index (χ1n) is 7.61. The number of hydrogen-bond donors (Lipinski definition) is 0. The normalized spacial score (nSPS) is 10.7. The van der Waals surface area contributed by atoms with E-state index in [9.17, 15) is 15.3 Å². The quantitative estimate of drug-likeness (QED) is 0.673. The van der Waals surface area contributed by atoms with Gasteiger partial charge in [-0.3, -0.25) is 9.36 Å². The highest BCUT2D eigenvalue weighted by Gasteiger charge is 2.11. The van der Waals surface area contributed by atoms with Gasteiger partial charge in [-0.1, -0.05) is 29.8 Å². The zero-order valence-corrected chi connectivity index (χ0v) is 15.3. The van der Waals surface area contributed by atoms with E-state index in [1.165, 1.54) is 4.57 Å². The molecule has 0 saturated heterocycles. The highest BCUT2D eigenvalue weighted by molar-refractivity contribution is 7.07. The highest BCUT2D eigenvalue weighted by atomic mass is 35.5. The molecule has 0 aliphatic rings. The van der Waals surface area contributed by atoms with Gasteiger partial charge in [0.25, 0.3) is 5.56 Å². The monoisotopic (exact) mass is 388 g/mol. The van der Waals surface area contributed by atoms with Gasteiger partial charge in [0.1, 0.15) is 16.8 Å². The molecule has 0 radical (unpaired) electrons. The van der Waals surface area contributed by atoms with E-state index < -0.39 is 0 Å². The van der Waals surface area contributed by atoms with Crippen molar-refractivity contribution in [2.24, 2.45) is 0 Å². The molecule has 1 heterocycles. The van der Waals surface area contributed by atoms with Gasteiger partial charge >= 0.3 is 0 Å². The Labute approximate surface area is 163 Å². The number of aromatic nitrogens is 1. The van der Waals surface area contributed by atoms with Crippen LogP contribution in [-0.4, -0.2) is 4.57 Å². The number of thiazole rings is 1. The number of nitriles is 3. The molecular formula is C20H9ClN4OS. The minimum atomic E-state index is -0.357. The molecule has 27 heavy (non-hydrogen) atoms. The standard InChI is InChI=1S/C20H9ClN4OS/c21-16-2-1-3-17(9-16)25-19(26)18(27-20(25)15(11-23)12-24)8-13-4-6-14(10-22)7-5-13/h1-9H/b18-8+. The molecular weight excluding hydrogens is 380 g/mol. The van der Waals surface area contributed by atoms with Crippen LogP contribution in [-0.2, 0) is 0 Å². The van der Waals surface area contributed by atoms with Gasteiger partial charge < -0.3 is 0 Å². The molecule has 5 nitrogen and oxygen atoms in total. The first-order valence-corrected chi connectivity index (χ1v) is 8.81. The van der Waals surface area contributed by atoms with Crippen molar-refractivity contribution in [2.45, 2.75) is 0 Å². The second-order valence-electron chi connectivity index (χ2n) is 5.37. The van der Waals surface area contributed by atoms with E-state index >= 15 is 0 Å². The van der Waals surface area contributed by atoms with Crippen molar-refractivity contribution in [1.82, 2.24) is 4.57 Å². The van der Waals surface area contributed by atoms with Gasteiger partial charge in [0.15, 0.2) is 5.57 Å². The molecule has 0 bridgehead atoms. The lowest BCUT2D eigenvalue weighted by Gasteiger charge is -2.02. The lowest BCUT2D eigenvalue weighted by molar-refractivity contribution is 0.988. The van der Waals surface area contributed by atoms with E-state index in [-0.39, 0.29) is 15.8 Å². The maximum atomic E-state index is 13.0. The van der Waals surface area contributed by atoms with Crippen LogP contribution in [0.15, 0.2) is 53.3 Å². The summed E-state index contributed by atoms with van der Waals surface area (Å²) in [5, 5.41) is 27.9. The van der Waals surface area contributed by atoms with E-state index in [2.05, 4.69) is 0 Å². The third kappa shape index (κ3) is 3.66. The van der Waals surface area contributed by atoms with Crippen molar-refractivity contribution >= 4 is 34.6 Å². The van der Waals surface area contributed by atoms with Crippen molar-refractivity contribution in [3.05, 3.63) is 84.2 Å². The van der Waals surface area contributed by atoms with Crippen LogP contribution in [0.3, 0.4) is 0 Å². The predicted octanol–water partition coefficient (Wildman–Crippen LogP) is 2.45. The fourth-order valence-corrected chi connectivity index (χ4v) is 3.66. The lowest BCUT2D eigenvalue weighted by atomic mass is 10.1. The number of rotatable bonds is 2. The first-order chi connectivity index (χ1) is 13.1. The number of halogens is 1. The fourth-order valence-electron chi connectivity index (χ4n) is 2.43. The second kappa shape index (κ2) is 7.72. The molecule has 1 aromatic heterocycles. The third-order valence-corrected chi connectivity index (χ3v) is 4.99. The minimum absolute atomic E-state index is 0.156. The largest absolute Gasteiger partial charge is 0.273 e. The summed E-state index contributed by atoms with van der Waals surface area (Å²) >= 11 is 7.08. The van der Waals surface area contributed by atoms with Crippen molar-refractivity contribution in [2.75, 3.05) is 0 Å². The van der Waals surface area contributed by atoms with Crippen LogP contribution in [0.2, 0.25) is 5.02 Å². The topological polar surface area (TPSA) is 93.4 Å². The van der Waals surface area contributed by atoms with Crippen LogP contribution < -0.4 is 14.8 Å². The SMILES string of the molecule is N#CC(C#N)=c1s/c(=C/c2ccc(C#N)cc2)c(=O)n1-c1cccc(Cl)c1. The van der Waals surface area contributed by atoms with Crippen molar-refractivity contribution in [3.8, 4) is 23.9 Å². The Bertz CT molecular complexity index is 1310. The van der Waals surface area contributed by atoms with Crippen LogP contribution in [0.25, 0.3) is 17.3 Å². The Kier molecular flexibility index (Phi) is 5.20. The first kappa shape index (κ1) is 18.2. The second-order valence-corrected chi connectivity index (χ2v) is 6.84. The lowest BCUT2D eigenvalue weighted by Crippen LogP contribution is -2.30. The van der Waals surface area contributed by atoms with Gasteiger partial charge in [-0.25, -0.2) is 0 Å². The molecule has 0 aliphatic heterocycles. The molecule has 0 aliphatic carbocycles. The average Bonchev–Trinajstić information content (AvgIpc) is 2.99. The zero-order chi connectivity index (χ0) is 19.4.